The fourth-order valence-electron chi connectivity index (χ4n) is 3.24. The van der Waals surface area contributed by atoms with Crippen molar-refractivity contribution in [2.75, 3.05) is 51.2 Å². The highest BCUT2D eigenvalue weighted by molar-refractivity contribution is 5.60. The van der Waals surface area contributed by atoms with Gasteiger partial charge in [-0.3, -0.25) is 0 Å². The first-order valence-electron chi connectivity index (χ1n) is 6.99. The Morgan fingerprint density at radius 1 is 1.28 bits per heavy atom. The molecule has 3 heteroatoms. The van der Waals surface area contributed by atoms with Crippen LogP contribution in [0.5, 0.6) is 0 Å². The SMILES string of the molecule is Cc1ccc2c(c1)C(CN1CCNCC1)CN2C. The minimum absolute atomic E-state index is 0.683. The van der Waals surface area contributed by atoms with Crippen LogP contribution >= 0.6 is 0 Å². The molecule has 0 amide bonds. The van der Waals surface area contributed by atoms with E-state index in [1.807, 2.05) is 0 Å². The monoisotopic (exact) mass is 245 g/mol. The number of hydrogen-bond acceptors (Lipinski definition) is 3. The van der Waals surface area contributed by atoms with Crippen molar-refractivity contribution in [2.24, 2.45) is 0 Å². The Bertz CT molecular complexity index is 424. The van der Waals surface area contributed by atoms with Crippen molar-refractivity contribution in [1.82, 2.24) is 10.2 Å². The van der Waals surface area contributed by atoms with Crippen molar-refractivity contribution in [2.45, 2.75) is 12.8 Å². The number of hydrogen-bond donors (Lipinski definition) is 1. The smallest absolute Gasteiger partial charge is 0.0400 e. The predicted molar refractivity (Wildman–Crippen MR) is 76.5 cm³/mol. The topological polar surface area (TPSA) is 18.5 Å². The summed E-state index contributed by atoms with van der Waals surface area (Å²) >= 11 is 0. The summed E-state index contributed by atoms with van der Waals surface area (Å²) in [5.74, 6) is 0.683. The van der Waals surface area contributed by atoms with E-state index in [4.69, 9.17) is 0 Å². The number of nitrogens with zero attached hydrogens (tertiary/aromatic N) is 2. The molecule has 2 aliphatic rings. The Labute approximate surface area is 110 Å². The molecule has 0 aliphatic carbocycles. The van der Waals surface area contributed by atoms with Gasteiger partial charge in [-0.05, 0) is 18.6 Å². The number of aryl methyl sites for hydroxylation is 1. The first kappa shape index (κ1) is 12.0. The quantitative estimate of drug-likeness (QED) is 0.850. The van der Waals surface area contributed by atoms with Crippen molar-refractivity contribution in [1.29, 1.82) is 0 Å². The molecule has 1 N–H and O–H groups in total. The van der Waals surface area contributed by atoms with Crippen LogP contribution in [-0.2, 0) is 0 Å². The molecule has 0 bridgehead atoms. The van der Waals surface area contributed by atoms with Gasteiger partial charge in [0, 0.05) is 57.9 Å². The van der Waals surface area contributed by atoms with Gasteiger partial charge in [0.2, 0.25) is 0 Å². The average molecular weight is 245 g/mol. The summed E-state index contributed by atoms with van der Waals surface area (Å²) in [7, 11) is 2.21. The van der Waals surface area contributed by atoms with Crippen molar-refractivity contribution in [3.63, 3.8) is 0 Å². The molecule has 18 heavy (non-hydrogen) atoms. The van der Waals surface area contributed by atoms with E-state index in [-0.39, 0.29) is 0 Å². The molecule has 0 saturated carbocycles. The standard InChI is InChI=1S/C15H23N3/c1-12-3-4-15-14(9-12)13(10-17(15)2)11-18-7-5-16-6-8-18/h3-4,9,13,16H,5-8,10-11H2,1-2H3. The van der Waals surface area contributed by atoms with Crippen LogP contribution in [0.25, 0.3) is 0 Å². The molecule has 3 nitrogen and oxygen atoms in total. The normalized spacial score (nSPS) is 24.3. The third kappa shape index (κ3) is 2.25. The molecule has 1 fully saturated rings. The van der Waals surface area contributed by atoms with Gasteiger partial charge >= 0.3 is 0 Å². The van der Waals surface area contributed by atoms with Crippen LogP contribution in [0.4, 0.5) is 5.69 Å². The van der Waals surface area contributed by atoms with Crippen molar-refractivity contribution in [3.05, 3.63) is 29.3 Å². The summed E-state index contributed by atoms with van der Waals surface area (Å²) in [6, 6.07) is 6.89. The van der Waals surface area contributed by atoms with Crippen LogP contribution < -0.4 is 10.2 Å². The molecule has 1 aromatic carbocycles. The molecule has 3 rings (SSSR count). The average Bonchev–Trinajstić information content (AvgIpc) is 2.67. The Kier molecular flexibility index (Phi) is 3.27. The number of nitrogens with one attached hydrogen (secondary N) is 1. The lowest BCUT2D eigenvalue weighted by Gasteiger charge is -2.29. The summed E-state index contributed by atoms with van der Waals surface area (Å²) < 4.78 is 0. The highest BCUT2D eigenvalue weighted by atomic mass is 15.2. The molecule has 0 aromatic heterocycles. The van der Waals surface area contributed by atoms with Crippen LogP contribution in [0.2, 0.25) is 0 Å². The molecule has 2 heterocycles. The number of benzene rings is 1. The number of anilines is 1. The zero-order valence-corrected chi connectivity index (χ0v) is 11.4. The lowest BCUT2D eigenvalue weighted by Crippen LogP contribution is -2.45. The van der Waals surface area contributed by atoms with Crippen LogP contribution in [0.1, 0.15) is 17.0 Å². The molecule has 1 atom stereocenters. The Hall–Kier alpha value is -1.06. The first-order valence-corrected chi connectivity index (χ1v) is 6.99. The maximum Gasteiger partial charge on any atom is 0.0400 e. The largest absolute Gasteiger partial charge is 0.374 e. The summed E-state index contributed by atoms with van der Waals surface area (Å²) in [4.78, 5) is 5.01. The molecule has 1 unspecified atom stereocenters. The summed E-state index contributed by atoms with van der Waals surface area (Å²) in [6.45, 7) is 9.25. The van der Waals surface area contributed by atoms with Gasteiger partial charge in [-0.1, -0.05) is 17.7 Å². The van der Waals surface area contributed by atoms with Gasteiger partial charge in [-0.2, -0.15) is 0 Å². The van der Waals surface area contributed by atoms with Gasteiger partial charge < -0.3 is 15.1 Å². The second-order valence-electron chi connectivity index (χ2n) is 5.69. The minimum atomic E-state index is 0.683. The molecule has 2 aliphatic heterocycles. The van der Waals surface area contributed by atoms with E-state index < -0.39 is 0 Å². The number of rotatable bonds is 2. The Morgan fingerprint density at radius 3 is 2.83 bits per heavy atom. The zero-order valence-electron chi connectivity index (χ0n) is 11.4. The van der Waals surface area contributed by atoms with Crippen molar-refractivity contribution >= 4 is 5.69 Å². The summed E-state index contributed by atoms with van der Waals surface area (Å²) in [5, 5.41) is 3.42. The Balaban J connectivity index is 1.76. The van der Waals surface area contributed by atoms with Gasteiger partial charge in [-0.15, -0.1) is 0 Å². The van der Waals surface area contributed by atoms with Gasteiger partial charge in [-0.25, -0.2) is 0 Å². The van der Waals surface area contributed by atoms with Crippen molar-refractivity contribution < 1.29 is 0 Å². The number of piperazine rings is 1. The summed E-state index contributed by atoms with van der Waals surface area (Å²) in [6.07, 6.45) is 0. The lowest BCUT2D eigenvalue weighted by atomic mass is 9.98. The molecule has 1 saturated heterocycles. The van der Waals surface area contributed by atoms with Gasteiger partial charge in [0.05, 0.1) is 0 Å². The summed E-state index contributed by atoms with van der Waals surface area (Å²) in [5.41, 5.74) is 4.37. The second kappa shape index (κ2) is 4.90. The third-order valence-corrected chi connectivity index (χ3v) is 4.22. The van der Waals surface area contributed by atoms with E-state index in [9.17, 15) is 0 Å². The molecule has 0 radical (unpaired) electrons. The maximum absolute atomic E-state index is 3.42. The van der Waals surface area contributed by atoms with Crippen LogP contribution in [0, 0.1) is 6.92 Å². The van der Waals surface area contributed by atoms with Gasteiger partial charge in [0.25, 0.3) is 0 Å². The number of fused-ring (bicyclic) bond motifs is 1. The minimum Gasteiger partial charge on any atom is -0.374 e. The van der Waals surface area contributed by atoms with Crippen molar-refractivity contribution in [3.8, 4) is 0 Å². The number of likely N-dealkylation sites (N-methyl/N-ethyl adjacent to an activating group) is 1. The van der Waals surface area contributed by atoms with E-state index in [0.29, 0.717) is 5.92 Å². The molecular formula is C15H23N3. The fraction of sp³-hybridized carbons (Fsp3) is 0.600. The van der Waals surface area contributed by atoms with Crippen LogP contribution in [0.3, 0.4) is 0 Å². The first-order chi connectivity index (χ1) is 8.74. The maximum atomic E-state index is 3.42. The molecule has 1 aromatic rings. The van der Waals surface area contributed by atoms with Crippen LogP contribution in [-0.4, -0.2) is 51.2 Å². The highest BCUT2D eigenvalue weighted by Gasteiger charge is 2.28. The van der Waals surface area contributed by atoms with E-state index in [1.54, 1.807) is 5.56 Å². The van der Waals surface area contributed by atoms with E-state index in [1.165, 1.54) is 37.4 Å². The molecular weight excluding hydrogens is 222 g/mol. The van der Waals surface area contributed by atoms with E-state index in [0.717, 1.165) is 13.1 Å². The van der Waals surface area contributed by atoms with E-state index >= 15 is 0 Å². The fourth-order valence-corrected chi connectivity index (χ4v) is 3.24. The molecule has 0 spiro atoms. The van der Waals surface area contributed by atoms with E-state index in [2.05, 4.69) is 47.3 Å². The van der Waals surface area contributed by atoms with Gasteiger partial charge in [0.1, 0.15) is 0 Å². The van der Waals surface area contributed by atoms with Crippen LogP contribution in [0.15, 0.2) is 18.2 Å². The Morgan fingerprint density at radius 2 is 2.06 bits per heavy atom. The molecule has 98 valence electrons. The lowest BCUT2D eigenvalue weighted by molar-refractivity contribution is 0.230. The highest BCUT2D eigenvalue weighted by Crippen LogP contribution is 2.36. The predicted octanol–water partition coefficient (Wildman–Crippen LogP) is 1.43. The van der Waals surface area contributed by atoms with Gasteiger partial charge in [0.15, 0.2) is 0 Å². The zero-order chi connectivity index (χ0) is 12.5. The third-order valence-electron chi connectivity index (χ3n) is 4.22. The second-order valence-corrected chi connectivity index (χ2v) is 5.69.